The SMILES string of the molecule is c1ccc(-c2cc(-c3cc(-c4ccccc4)cc(-c4cccc(-c5ccc6ccc7cccc8ccc5c6c78)c4)c3)cc(-c3cccc(-c4ccc5ccc6cccc7ccc4c5c67)c3)c2)cc1. The molecule has 0 bridgehead atoms. The van der Waals surface area contributed by atoms with Crippen molar-refractivity contribution in [1.29, 1.82) is 0 Å². The highest BCUT2D eigenvalue weighted by Gasteiger charge is 2.17. The summed E-state index contributed by atoms with van der Waals surface area (Å²) in [5, 5.41) is 15.6. The van der Waals surface area contributed by atoms with E-state index >= 15 is 0 Å². The molecular weight excluding hydrogens is 817 g/mol. The van der Waals surface area contributed by atoms with E-state index in [2.05, 4.69) is 255 Å². The summed E-state index contributed by atoms with van der Waals surface area (Å²) in [6.45, 7) is 0. The molecule has 0 amide bonds. The summed E-state index contributed by atoms with van der Waals surface area (Å²) in [6.07, 6.45) is 0. The Balaban J connectivity index is 0.927. The van der Waals surface area contributed by atoms with Gasteiger partial charge in [0.15, 0.2) is 0 Å². The highest BCUT2D eigenvalue weighted by atomic mass is 14.2. The lowest BCUT2D eigenvalue weighted by molar-refractivity contribution is 1.54. The van der Waals surface area contributed by atoms with Crippen LogP contribution in [0.3, 0.4) is 0 Å². The Bertz CT molecular complexity index is 3930. The van der Waals surface area contributed by atoms with E-state index in [-0.39, 0.29) is 0 Å². The first kappa shape index (κ1) is 38.4. The van der Waals surface area contributed by atoms with Crippen molar-refractivity contribution < 1.29 is 0 Å². The number of rotatable bonds is 7. The second kappa shape index (κ2) is 15.4. The summed E-state index contributed by atoms with van der Waals surface area (Å²) in [4.78, 5) is 0. The van der Waals surface area contributed by atoms with Gasteiger partial charge in [-0.15, -0.1) is 0 Å². The van der Waals surface area contributed by atoms with Crippen molar-refractivity contribution in [3.8, 4) is 77.9 Å². The van der Waals surface area contributed by atoms with Crippen molar-refractivity contribution >= 4 is 64.6 Å². The molecular formula is C68H42. The fraction of sp³-hybridized carbons (Fsp3) is 0. The highest BCUT2D eigenvalue weighted by Crippen LogP contribution is 2.44. The molecule has 0 N–H and O–H groups in total. The zero-order chi connectivity index (χ0) is 44.7. The molecule has 68 heavy (non-hydrogen) atoms. The average molecular weight is 859 g/mol. The minimum Gasteiger partial charge on any atom is -0.0622 e. The minimum absolute atomic E-state index is 1.18. The molecule has 0 nitrogen and oxygen atoms in total. The minimum atomic E-state index is 1.18. The Morgan fingerprint density at radius 2 is 0.412 bits per heavy atom. The zero-order valence-corrected chi connectivity index (χ0v) is 37.2. The molecule has 14 aromatic carbocycles. The maximum absolute atomic E-state index is 2.39. The topological polar surface area (TPSA) is 0 Å². The molecule has 0 heteroatoms. The lowest BCUT2D eigenvalue weighted by Crippen LogP contribution is -1.90. The first-order valence-corrected chi connectivity index (χ1v) is 23.6. The summed E-state index contributed by atoms with van der Waals surface area (Å²) in [6, 6.07) is 94.9. The fourth-order valence-electron chi connectivity index (χ4n) is 11.2. The Kier molecular flexibility index (Phi) is 8.69. The third-order valence-corrected chi connectivity index (χ3v) is 14.5. The van der Waals surface area contributed by atoms with E-state index in [0.717, 1.165) is 0 Å². The smallest absolute Gasteiger partial charge is 0.00206 e. The molecule has 0 aromatic heterocycles. The summed E-state index contributed by atoms with van der Waals surface area (Å²) in [7, 11) is 0. The van der Waals surface area contributed by atoms with Crippen molar-refractivity contribution in [1.82, 2.24) is 0 Å². The van der Waals surface area contributed by atoms with Gasteiger partial charge in [0.25, 0.3) is 0 Å². The predicted octanol–water partition coefficient (Wildman–Crippen LogP) is 19.2. The third-order valence-electron chi connectivity index (χ3n) is 14.5. The van der Waals surface area contributed by atoms with Gasteiger partial charge in [-0.3, -0.25) is 0 Å². The van der Waals surface area contributed by atoms with Gasteiger partial charge in [0.05, 0.1) is 0 Å². The van der Waals surface area contributed by atoms with Crippen LogP contribution in [0.1, 0.15) is 0 Å². The molecule has 14 aromatic rings. The summed E-state index contributed by atoms with van der Waals surface area (Å²) >= 11 is 0. The molecule has 0 radical (unpaired) electrons. The average Bonchev–Trinajstić information content (AvgIpc) is 3.42. The lowest BCUT2D eigenvalue weighted by atomic mass is 9.87. The van der Waals surface area contributed by atoms with Gasteiger partial charge in [0.1, 0.15) is 0 Å². The van der Waals surface area contributed by atoms with E-state index < -0.39 is 0 Å². The van der Waals surface area contributed by atoms with Gasteiger partial charge in [-0.25, -0.2) is 0 Å². The van der Waals surface area contributed by atoms with Crippen LogP contribution in [-0.2, 0) is 0 Å². The largest absolute Gasteiger partial charge is 0.0622 e. The van der Waals surface area contributed by atoms with Crippen LogP contribution in [0.4, 0.5) is 0 Å². The lowest BCUT2D eigenvalue weighted by Gasteiger charge is -2.17. The van der Waals surface area contributed by atoms with Gasteiger partial charge < -0.3 is 0 Å². The first-order chi connectivity index (χ1) is 33.7. The second-order valence-corrected chi connectivity index (χ2v) is 18.4. The molecule has 0 aliphatic heterocycles. The maximum atomic E-state index is 2.39. The number of hydrogen-bond acceptors (Lipinski definition) is 0. The van der Waals surface area contributed by atoms with Gasteiger partial charge in [0, 0.05) is 0 Å². The molecule has 0 saturated heterocycles. The van der Waals surface area contributed by atoms with E-state index in [1.807, 2.05) is 0 Å². The number of hydrogen-bond donors (Lipinski definition) is 0. The van der Waals surface area contributed by atoms with Crippen LogP contribution >= 0.6 is 0 Å². The highest BCUT2D eigenvalue weighted by molar-refractivity contribution is 6.26. The third kappa shape index (κ3) is 6.30. The van der Waals surface area contributed by atoms with Crippen LogP contribution in [0, 0.1) is 0 Å². The van der Waals surface area contributed by atoms with E-state index in [1.165, 1.54) is 143 Å². The maximum Gasteiger partial charge on any atom is -0.00206 e. The van der Waals surface area contributed by atoms with Gasteiger partial charge in [-0.2, -0.15) is 0 Å². The molecule has 14 rings (SSSR count). The normalized spacial score (nSPS) is 11.8. The quantitative estimate of drug-likeness (QED) is 0.140. The van der Waals surface area contributed by atoms with Crippen LogP contribution in [-0.4, -0.2) is 0 Å². The fourth-order valence-corrected chi connectivity index (χ4v) is 11.2. The molecule has 314 valence electrons. The summed E-state index contributed by atoms with van der Waals surface area (Å²) < 4.78 is 0. The van der Waals surface area contributed by atoms with Gasteiger partial charge in [-0.05, 0) is 191 Å². The molecule has 0 aliphatic rings. The van der Waals surface area contributed by atoms with Crippen molar-refractivity contribution in [2.75, 3.05) is 0 Å². The van der Waals surface area contributed by atoms with Crippen LogP contribution in [0.15, 0.2) is 255 Å². The van der Waals surface area contributed by atoms with Gasteiger partial charge in [-0.1, -0.05) is 206 Å². The van der Waals surface area contributed by atoms with E-state index in [4.69, 9.17) is 0 Å². The summed E-state index contributed by atoms with van der Waals surface area (Å²) in [5.74, 6) is 0. The summed E-state index contributed by atoms with van der Waals surface area (Å²) in [5.41, 5.74) is 16.8. The van der Waals surface area contributed by atoms with E-state index in [0.29, 0.717) is 0 Å². The first-order valence-electron chi connectivity index (χ1n) is 23.6. The van der Waals surface area contributed by atoms with E-state index in [9.17, 15) is 0 Å². The molecule has 0 aliphatic carbocycles. The Labute approximate surface area is 395 Å². The van der Waals surface area contributed by atoms with Crippen LogP contribution in [0.2, 0.25) is 0 Å². The van der Waals surface area contributed by atoms with Crippen LogP contribution in [0.25, 0.3) is 143 Å². The Morgan fingerprint density at radius 1 is 0.147 bits per heavy atom. The van der Waals surface area contributed by atoms with Crippen molar-refractivity contribution in [3.63, 3.8) is 0 Å². The molecule has 0 heterocycles. The Hall–Kier alpha value is -8.84. The number of benzene rings is 14. The molecule has 0 fully saturated rings. The van der Waals surface area contributed by atoms with Crippen molar-refractivity contribution in [2.45, 2.75) is 0 Å². The molecule has 0 saturated carbocycles. The van der Waals surface area contributed by atoms with Crippen LogP contribution in [0.5, 0.6) is 0 Å². The van der Waals surface area contributed by atoms with Gasteiger partial charge in [0.2, 0.25) is 0 Å². The van der Waals surface area contributed by atoms with Crippen molar-refractivity contribution in [3.05, 3.63) is 255 Å². The van der Waals surface area contributed by atoms with Crippen LogP contribution < -0.4 is 0 Å². The molecule has 0 atom stereocenters. The monoisotopic (exact) mass is 858 g/mol. The van der Waals surface area contributed by atoms with E-state index in [1.54, 1.807) is 0 Å². The van der Waals surface area contributed by atoms with Gasteiger partial charge >= 0.3 is 0 Å². The van der Waals surface area contributed by atoms with Crippen molar-refractivity contribution in [2.24, 2.45) is 0 Å². The second-order valence-electron chi connectivity index (χ2n) is 18.4. The zero-order valence-electron chi connectivity index (χ0n) is 37.2. The Morgan fingerprint density at radius 3 is 0.809 bits per heavy atom. The molecule has 0 spiro atoms. The molecule has 0 unspecified atom stereocenters. The standard InChI is InChI=1S/C68H42/c1-3-11-43(12-4-1)55-37-57(51-19-9-21-53(35-51)61-31-27-49-25-23-45-15-7-17-47-29-33-63(61)67(49)65(45)47)41-59(39-55)60-40-56(44-13-5-2-6-14-44)38-58(42-60)52-20-10-22-54(36-52)62-32-28-50-26-24-46-16-8-18-48-30-34-64(62)68(50)66(46)48/h1-42H. The predicted molar refractivity (Wildman–Crippen MR) is 292 cm³/mol.